The number of nitrogens with one attached hydrogen (secondary N) is 1. The molecular weight excluding hydrogens is 356 g/mol. The van der Waals surface area contributed by atoms with Crippen molar-refractivity contribution in [3.05, 3.63) is 65.7 Å². The van der Waals surface area contributed by atoms with Crippen molar-refractivity contribution in [1.29, 1.82) is 0 Å². The highest BCUT2D eigenvalue weighted by Crippen LogP contribution is 2.12. The third-order valence-corrected chi connectivity index (χ3v) is 4.64. The molecule has 2 aromatic carbocycles. The molecule has 0 unspecified atom stereocenters. The van der Waals surface area contributed by atoms with E-state index >= 15 is 0 Å². The van der Waals surface area contributed by atoms with E-state index in [2.05, 4.69) is 27.6 Å². The standard InChI is InChI=1S/C21H24N4O3/c26-19-9-5-4-8-18(19)14-22-23-21(28)20(27)16-25-12-10-24(11-13-25)15-17-6-2-1-3-7-17/h1-9,14,26H,10-13,15-16H2,(H,23,28)/b22-14+. The number of benzene rings is 2. The van der Waals surface area contributed by atoms with Gasteiger partial charge in [-0.3, -0.25) is 19.4 Å². The molecule has 0 saturated carbocycles. The predicted molar refractivity (Wildman–Crippen MR) is 107 cm³/mol. The Labute approximate surface area is 164 Å². The van der Waals surface area contributed by atoms with E-state index in [9.17, 15) is 14.7 Å². The fourth-order valence-corrected chi connectivity index (χ4v) is 3.04. The number of hydrogen-bond donors (Lipinski definition) is 2. The van der Waals surface area contributed by atoms with Gasteiger partial charge in [-0.05, 0) is 17.7 Å². The zero-order valence-electron chi connectivity index (χ0n) is 15.6. The Hall–Kier alpha value is -3.03. The maximum absolute atomic E-state index is 12.1. The van der Waals surface area contributed by atoms with Crippen molar-refractivity contribution in [1.82, 2.24) is 15.2 Å². The number of hydrazone groups is 1. The smallest absolute Gasteiger partial charge is 0.308 e. The van der Waals surface area contributed by atoms with E-state index in [0.717, 1.165) is 32.7 Å². The van der Waals surface area contributed by atoms with Crippen LogP contribution in [0, 0.1) is 0 Å². The average molecular weight is 380 g/mol. The molecule has 146 valence electrons. The van der Waals surface area contributed by atoms with Gasteiger partial charge in [0, 0.05) is 38.3 Å². The van der Waals surface area contributed by atoms with Crippen LogP contribution in [-0.4, -0.2) is 65.5 Å². The first kappa shape index (κ1) is 19.7. The quantitative estimate of drug-likeness (QED) is 0.429. The monoisotopic (exact) mass is 380 g/mol. The molecule has 3 rings (SSSR count). The van der Waals surface area contributed by atoms with Crippen LogP contribution < -0.4 is 5.43 Å². The first-order chi connectivity index (χ1) is 13.6. The molecule has 1 aliphatic heterocycles. The van der Waals surface area contributed by atoms with E-state index in [1.54, 1.807) is 18.2 Å². The number of carbonyl (C=O) groups is 2. The molecule has 0 aliphatic carbocycles. The summed E-state index contributed by atoms with van der Waals surface area (Å²) < 4.78 is 0. The number of nitrogens with zero attached hydrogens (tertiary/aromatic N) is 3. The fourth-order valence-electron chi connectivity index (χ4n) is 3.04. The number of ketones is 1. The lowest BCUT2D eigenvalue weighted by Crippen LogP contribution is -2.49. The van der Waals surface area contributed by atoms with Gasteiger partial charge in [0.25, 0.3) is 0 Å². The normalized spacial score (nSPS) is 15.6. The van der Waals surface area contributed by atoms with Crippen molar-refractivity contribution in [2.45, 2.75) is 6.54 Å². The summed E-state index contributed by atoms with van der Waals surface area (Å²) in [5.41, 5.74) is 3.96. The topological polar surface area (TPSA) is 85.2 Å². The first-order valence-corrected chi connectivity index (χ1v) is 9.24. The SMILES string of the molecule is O=C(CN1CCN(Cc2ccccc2)CC1)C(=O)N/N=C/c1ccccc1O. The average Bonchev–Trinajstić information content (AvgIpc) is 2.71. The van der Waals surface area contributed by atoms with Gasteiger partial charge >= 0.3 is 5.91 Å². The molecule has 0 atom stereocenters. The van der Waals surface area contributed by atoms with Gasteiger partial charge in [0.05, 0.1) is 12.8 Å². The van der Waals surface area contributed by atoms with Crippen molar-refractivity contribution in [2.75, 3.05) is 32.7 Å². The Balaban J connectivity index is 1.40. The maximum atomic E-state index is 12.1. The number of aromatic hydroxyl groups is 1. The predicted octanol–water partition coefficient (Wildman–Crippen LogP) is 1.23. The van der Waals surface area contributed by atoms with Gasteiger partial charge in [0.2, 0.25) is 5.78 Å². The number of amides is 1. The van der Waals surface area contributed by atoms with Crippen LogP contribution in [0.5, 0.6) is 5.75 Å². The van der Waals surface area contributed by atoms with E-state index in [4.69, 9.17) is 0 Å². The van der Waals surface area contributed by atoms with Crippen molar-refractivity contribution in [3.63, 3.8) is 0 Å². The second-order valence-electron chi connectivity index (χ2n) is 6.72. The van der Waals surface area contributed by atoms with Crippen molar-refractivity contribution < 1.29 is 14.7 Å². The Bertz CT molecular complexity index is 831. The lowest BCUT2D eigenvalue weighted by Gasteiger charge is -2.34. The Kier molecular flexibility index (Phi) is 6.89. The number of hydrogen-bond acceptors (Lipinski definition) is 6. The number of Topliss-reactive ketones (excluding diaryl/α,β-unsaturated/α-hetero) is 1. The van der Waals surface area contributed by atoms with Gasteiger partial charge in [-0.1, -0.05) is 42.5 Å². The molecule has 1 saturated heterocycles. The molecule has 0 spiro atoms. The van der Waals surface area contributed by atoms with E-state index in [1.807, 2.05) is 23.1 Å². The van der Waals surface area contributed by atoms with E-state index in [1.165, 1.54) is 17.8 Å². The Morgan fingerprint density at radius 3 is 2.32 bits per heavy atom. The minimum absolute atomic E-state index is 0.0557. The third-order valence-electron chi connectivity index (χ3n) is 4.64. The van der Waals surface area contributed by atoms with Crippen LogP contribution in [0.2, 0.25) is 0 Å². The molecular formula is C21H24N4O3. The minimum atomic E-state index is -0.751. The molecule has 2 aromatic rings. The van der Waals surface area contributed by atoms with Gasteiger partial charge < -0.3 is 5.11 Å². The largest absolute Gasteiger partial charge is 0.507 e. The van der Waals surface area contributed by atoms with Crippen molar-refractivity contribution in [3.8, 4) is 5.75 Å². The van der Waals surface area contributed by atoms with Gasteiger partial charge in [-0.15, -0.1) is 0 Å². The highest BCUT2D eigenvalue weighted by molar-refractivity contribution is 6.36. The van der Waals surface area contributed by atoms with E-state index < -0.39 is 11.7 Å². The van der Waals surface area contributed by atoms with Crippen molar-refractivity contribution in [2.24, 2.45) is 5.10 Å². The summed E-state index contributed by atoms with van der Waals surface area (Å²) in [4.78, 5) is 28.3. The molecule has 0 bridgehead atoms. The summed E-state index contributed by atoms with van der Waals surface area (Å²) in [6.07, 6.45) is 1.31. The lowest BCUT2D eigenvalue weighted by atomic mass is 10.2. The molecule has 28 heavy (non-hydrogen) atoms. The summed E-state index contributed by atoms with van der Waals surface area (Å²) in [5.74, 6) is -1.22. The van der Waals surface area contributed by atoms with Crippen LogP contribution in [0.3, 0.4) is 0 Å². The molecule has 1 heterocycles. The molecule has 0 radical (unpaired) electrons. The van der Waals surface area contributed by atoms with Gasteiger partial charge in [0.15, 0.2) is 0 Å². The fraction of sp³-hybridized carbons (Fsp3) is 0.286. The number of phenols is 1. The Morgan fingerprint density at radius 2 is 1.61 bits per heavy atom. The summed E-state index contributed by atoms with van der Waals surface area (Å²) >= 11 is 0. The molecule has 7 nitrogen and oxygen atoms in total. The minimum Gasteiger partial charge on any atom is -0.507 e. The molecule has 7 heteroatoms. The summed E-state index contributed by atoms with van der Waals surface area (Å²) in [5, 5.41) is 13.4. The van der Waals surface area contributed by atoms with E-state index in [-0.39, 0.29) is 12.3 Å². The summed E-state index contributed by atoms with van der Waals surface area (Å²) in [6.45, 7) is 4.17. The number of para-hydroxylation sites is 1. The third kappa shape index (κ3) is 5.73. The number of phenolic OH excluding ortho intramolecular Hbond substituents is 1. The number of carbonyl (C=O) groups excluding carboxylic acids is 2. The zero-order chi connectivity index (χ0) is 19.8. The molecule has 1 aliphatic rings. The van der Waals surface area contributed by atoms with E-state index in [0.29, 0.717) is 5.56 Å². The van der Waals surface area contributed by atoms with Gasteiger partial charge in [0.1, 0.15) is 5.75 Å². The number of rotatable bonds is 7. The number of piperazine rings is 1. The highest BCUT2D eigenvalue weighted by atomic mass is 16.3. The molecule has 0 aromatic heterocycles. The first-order valence-electron chi connectivity index (χ1n) is 9.24. The second-order valence-corrected chi connectivity index (χ2v) is 6.72. The van der Waals surface area contributed by atoms with Crippen LogP contribution in [0.25, 0.3) is 0 Å². The molecule has 1 fully saturated rings. The summed E-state index contributed by atoms with van der Waals surface area (Å²) in [6, 6.07) is 16.9. The highest BCUT2D eigenvalue weighted by Gasteiger charge is 2.22. The van der Waals surface area contributed by atoms with Crippen molar-refractivity contribution >= 4 is 17.9 Å². The maximum Gasteiger partial charge on any atom is 0.308 e. The van der Waals surface area contributed by atoms with Gasteiger partial charge in [-0.2, -0.15) is 5.10 Å². The van der Waals surface area contributed by atoms with Gasteiger partial charge in [-0.25, -0.2) is 5.43 Å². The van der Waals surface area contributed by atoms with Crippen LogP contribution in [-0.2, 0) is 16.1 Å². The van der Waals surface area contributed by atoms with Crippen LogP contribution >= 0.6 is 0 Å². The summed E-state index contributed by atoms with van der Waals surface area (Å²) in [7, 11) is 0. The molecule has 1 amide bonds. The van der Waals surface area contributed by atoms with Crippen LogP contribution in [0.1, 0.15) is 11.1 Å². The van der Waals surface area contributed by atoms with Crippen LogP contribution in [0.4, 0.5) is 0 Å². The van der Waals surface area contributed by atoms with Crippen LogP contribution in [0.15, 0.2) is 59.7 Å². The zero-order valence-corrected chi connectivity index (χ0v) is 15.6. The second kappa shape index (κ2) is 9.77. The Morgan fingerprint density at radius 1 is 0.964 bits per heavy atom. The molecule has 2 N–H and O–H groups in total. The lowest BCUT2D eigenvalue weighted by molar-refractivity contribution is -0.138.